The largest absolute Gasteiger partial charge is 0.326 e. The molecule has 4 heteroatoms. The van der Waals surface area contributed by atoms with Gasteiger partial charge in [0.2, 0.25) is 11.8 Å². The quantitative estimate of drug-likeness (QED) is 0.942. The fourth-order valence-electron chi connectivity index (χ4n) is 2.14. The SMILES string of the molecule is CC(=O)N(C)c1ccc(NC(=O)Cc2ccccc2C)cc1. The van der Waals surface area contributed by atoms with Gasteiger partial charge in [-0.05, 0) is 42.3 Å². The molecule has 114 valence electrons. The molecule has 2 aromatic carbocycles. The van der Waals surface area contributed by atoms with Crippen LogP contribution in [0.25, 0.3) is 0 Å². The molecule has 0 saturated heterocycles. The molecular formula is C18H20N2O2. The van der Waals surface area contributed by atoms with Crippen molar-refractivity contribution in [2.24, 2.45) is 0 Å². The molecule has 2 rings (SSSR count). The van der Waals surface area contributed by atoms with Gasteiger partial charge in [0.15, 0.2) is 0 Å². The van der Waals surface area contributed by atoms with Gasteiger partial charge in [-0.2, -0.15) is 0 Å². The zero-order valence-corrected chi connectivity index (χ0v) is 13.1. The molecule has 1 N–H and O–H groups in total. The smallest absolute Gasteiger partial charge is 0.228 e. The summed E-state index contributed by atoms with van der Waals surface area (Å²) in [4.78, 5) is 24.9. The molecule has 0 spiro atoms. The molecule has 0 bridgehead atoms. The molecule has 0 radical (unpaired) electrons. The maximum Gasteiger partial charge on any atom is 0.228 e. The molecule has 0 unspecified atom stereocenters. The van der Waals surface area contributed by atoms with Crippen molar-refractivity contribution in [3.8, 4) is 0 Å². The van der Waals surface area contributed by atoms with Crippen LogP contribution in [0.15, 0.2) is 48.5 Å². The number of carbonyl (C=O) groups excluding carboxylic acids is 2. The lowest BCUT2D eigenvalue weighted by Gasteiger charge is -2.15. The Bertz CT molecular complexity index is 678. The average molecular weight is 296 g/mol. The molecule has 0 aliphatic rings. The van der Waals surface area contributed by atoms with E-state index in [-0.39, 0.29) is 11.8 Å². The second kappa shape index (κ2) is 6.89. The van der Waals surface area contributed by atoms with E-state index in [9.17, 15) is 9.59 Å². The Morgan fingerprint density at radius 2 is 1.68 bits per heavy atom. The van der Waals surface area contributed by atoms with Crippen molar-refractivity contribution in [3.63, 3.8) is 0 Å². The summed E-state index contributed by atoms with van der Waals surface area (Å²) in [6, 6.07) is 15.1. The third-order valence-corrected chi connectivity index (χ3v) is 3.62. The van der Waals surface area contributed by atoms with Crippen molar-refractivity contribution in [2.75, 3.05) is 17.3 Å². The summed E-state index contributed by atoms with van der Waals surface area (Å²) in [5.74, 6) is -0.0849. The van der Waals surface area contributed by atoms with E-state index in [2.05, 4.69) is 5.32 Å². The summed E-state index contributed by atoms with van der Waals surface area (Å²) < 4.78 is 0. The molecule has 22 heavy (non-hydrogen) atoms. The van der Waals surface area contributed by atoms with Crippen molar-refractivity contribution in [2.45, 2.75) is 20.3 Å². The van der Waals surface area contributed by atoms with Gasteiger partial charge in [0.25, 0.3) is 0 Å². The Hall–Kier alpha value is -2.62. The Morgan fingerprint density at radius 1 is 1.05 bits per heavy atom. The number of amides is 2. The molecule has 0 aromatic heterocycles. The summed E-state index contributed by atoms with van der Waals surface area (Å²) >= 11 is 0. The Morgan fingerprint density at radius 3 is 2.27 bits per heavy atom. The third-order valence-electron chi connectivity index (χ3n) is 3.62. The number of hydrogen-bond donors (Lipinski definition) is 1. The first kappa shape index (κ1) is 15.8. The Kier molecular flexibility index (Phi) is 4.94. The van der Waals surface area contributed by atoms with Crippen LogP contribution < -0.4 is 10.2 Å². The number of anilines is 2. The van der Waals surface area contributed by atoms with Gasteiger partial charge in [-0.25, -0.2) is 0 Å². The predicted molar refractivity (Wildman–Crippen MR) is 89.0 cm³/mol. The number of aryl methyl sites for hydroxylation is 1. The van der Waals surface area contributed by atoms with Crippen LogP contribution in [0.3, 0.4) is 0 Å². The van der Waals surface area contributed by atoms with E-state index in [1.54, 1.807) is 24.1 Å². The van der Waals surface area contributed by atoms with Gasteiger partial charge in [-0.15, -0.1) is 0 Å². The molecule has 0 fully saturated rings. The van der Waals surface area contributed by atoms with Crippen molar-refractivity contribution in [1.82, 2.24) is 0 Å². The fourth-order valence-corrected chi connectivity index (χ4v) is 2.14. The number of nitrogens with one attached hydrogen (secondary N) is 1. The maximum absolute atomic E-state index is 12.1. The summed E-state index contributed by atoms with van der Waals surface area (Å²) in [5, 5.41) is 2.87. The third kappa shape index (κ3) is 3.95. The molecule has 0 atom stereocenters. The summed E-state index contributed by atoms with van der Waals surface area (Å²) in [5.41, 5.74) is 3.65. The average Bonchev–Trinajstić information content (AvgIpc) is 2.49. The van der Waals surface area contributed by atoms with Gasteiger partial charge in [0.05, 0.1) is 6.42 Å². The number of nitrogens with zero attached hydrogens (tertiary/aromatic N) is 1. The van der Waals surface area contributed by atoms with Crippen molar-refractivity contribution in [1.29, 1.82) is 0 Å². The topological polar surface area (TPSA) is 49.4 Å². The van der Waals surface area contributed by atoms with E-state index < -0.39 is 0 Å². The molecule has 2 aromatic rings. The van der Waals surface area contributed by atoms with Crippen molar-refractivity contribution < 1.29 is 9.59 Å². The zero-order chi connectivity index (χ0) is 16.1. The van der Waals surface area contributed by atoms with Gasteiger partial charge in [0.1, 0.15) is 0 Å². The molecule has 0 aliphatic carbocycles. The highest BCUT2D eigenvalue weighted by atomic mass is 16.2. The van der Waals surface area contributed by atoms with E-state index in [0.717, 1.165) is 22.5 Å². The van der Waals surface area contributed by atoms with Gasteiger partial charge in [0, 0.05) is 25.3 Å². The zero-order valence-electron chi connectivity index (χ0n) is 13.1. The Balaban J connectivity index is 2.00. The van der Waals surface area contributed by atoms with Crippen LogP contribution in [0.4, 0.5) is 11.4 Å². The van der Waals surface area contributed by atoms with Crippen LogP contribution in [-0.4, -0.2) is 18.9 Å². The summed E-state index contributed by atoms with van der Waals surface area (Å²) in [6.45, 7) is 3.51. The lowest BCUT2D eigenvalue weighted by molar-refractivity contribution is -0.116. The highest BCUT2D eigenvalue weighted by Gasteiger charge is 2.08. The van der Waals surface area contributed by atoms with Gasteiger partial charge in [-0.3, -0.25) is 9.59 Å². The van der Waals surface area contributed by atoms with E-state index >= 15 is 0 Å². The van der Waals surface area contributed by atoms with E-state index in [4.69, 9.17) is 0 Å². The van der Waals surface area contributed by atoms with Crippen molar-refractivity contribution in [3.05, 3.63) is 59.7 Å². The standard InChI is InChI=1S/C18H20N2O2/c1-13-6-4-5-7-15(13)12-18(22)19-16-8-10-17(11-9-16)20(3)14(2)21/h4-11H,12H2,1-3H3,(H,19,22). The maximum atomic E-state index is 12.1. The van der Waals surface area contributed by atoms with Crippen LogP contribution in [0, 0.1) is 6.92 Å². The minimum absolute atomic E-state index is 0.0312. The Labute approximate surface area is 130 Å². The first-order chi connectivity index (χ1) is 10.5. The van der Waals surface area contributed by atoms with Crippen LogP contribution >= 0.6 is 0 Å². The van der Waals surface area contributed by atoms with E-state index in [1.807, 2.05) is 43.3 Å². The van der Waals surface area contributed by atoms with Crippen LogP contribution in [-0.2, 0) is 16.0 Å². The monoisotopic (exact) mass is 296 g/mol. The van der Waals surface area contributed by atoms with Crippen LogP contribution in [0.2, 0.25) is 0 Å². The van der Waals surface area contributed by atoms with Gasteiger partial charge < -0.3 is 10.2 Å². The van der Waals surface area contributed by atoms with E-state index in [1.165, 1.54) is 6.92 Å². The highest BCUT2D eigenvalue weighted by Crippen LogP contribution is 2.17. The molecule has 0 saturated carbocycles. The fraction of sp³-hybridized carbons (Fsp3) is 0.222. The lowest BCUT2D eigenvalue weighted by Crippen LogP contribution is -2.22. The molecular weight excluding hydrogens is 276 g/mol. The number of carbonyl (C=O) groups is 2. The van der Waals surface area contributed by atoms with Gasteiger partial charge in [-0.1, -0.05) is 24.3 Å². The van der Waals surface area contributed by atoms with Crippen LogP contribution in [0.1, 0.15) is 18.1 Å². The normalized spacial score (nSPS) is 10.1. The molecule has 2 amide bonds. The minimum atomic E-state index is -0.0537. The second-order valence-electron chi connectivity index (χ2n) is 5.28. The summed E-state index contributed by atoms with van der Waals surface area (Å²) in [6.07, 6.45) is 0.349. The number of benzene rings is 2. The minimum Gasteiger partial charge on any atom is -0.326 e. The second-order valence-corrected chi connectivity index (χ2v) is 5.28. The van der Waals surface area contributed by atoms with Gasteiger partial charge >= 0.3 is 0 Å². The molecule has 0 aliphatic heterocycles. The highest BCUT2D eigenvalue weighted by molar-refractivity contribution is 5.94. The number of hydrogen-bond acceptors (Lipinski definition) is 2. The first-order valence-corrected chi connectivity index (χ1v) is 7.16. The molecule has 4 nitrogen and oxygen atoms in total. The first-order valence-electron chi connectivity index (χ1n) is 7.16. The lowest BCUT2D eigenvalue weighted by atomic mass is 10.1. The van der Waals surface area contributed by atoms with Crippen LogP contribution in [0.5, 0.6) is 0 Å². The predicted octanol–water partition coefficient (Wildman–Crippen LogP) is 3.16. The number of rotatable bonds is 4. The summed E-state index contributed by atoms with van der Waals surface area (Å²) in [7, 11) is 1.72. The molecule has 0 heterocycles. The van der Waals surface area contributed by atoms with Crippen molar-refractivity contribution >= 4 is 23.2 Å². The van der Waals surface area contributed by atoms with E-state index in [0.29, 0.717) is 6.42 Å².